The summed E-state index contributed by atoms with van der Waals surface area (Å²) < 4.78 is 0. The van der Waals surface area contributed by atoms with Crippen LogP contribution < -0.4 is 10.6 Å². The van der Waals surface area contributed by atoms with Gasteiger partial charge in [0.2, 0.25) is 5.91 Å². The molecule has 24 heavy (non-hydrogen) atoms. The summed E-state index contributed by atoms with van der Waals surface area (Å²) in [5.41, 5.74) is 1.23. The van der Waals surface area contributed by atoms with E-state index in [1.165, 1.54) is 19.3 Å². The van der Waals surface area contributed by atoms with E-state index in [0.717, 1.165) is 12.8 Å². The van der Waals surface area contributed by atoms with E-state index < -0.39 is 0 Å². The summed E-state index contributed by atoms with van der Waals surface area (Å²) in [6, 6.07) is 6.64. The van der Waals surface area contributed by atoms with Crippen molar-refractivity contribution in [3.05, 3.63) is 29.8 Å². The largest absolute Gasteiger partial charge is 0.394 e. The van der Waals surface area contributed by atoms with Gasteiger partial charge in [-0.15, -0.1) is 0 Å². The molecular weight excluding hydrogens is 304 g/mol. The molecule has 0 radical (unpaired) electrons. The third kappa shape index (κ3) is 5.64. The lowest BCUT2D eigenvalue weighted by Gasteiger charge is -2.20. The second kappa shape index (κ2) is 9.42. The molecule has 0 bridgehead atoms. The quantitative estimate of drug-likeness (QED) is 0.718. The van der Waals surface area contributed by atoms with Crippen LogP contribution in [0.5, 0.6) is 0 Å². The predicted octanol–water partition coefficient (Wildman–Crippen LogP) is 3.10. The minimum absolute atomic E-state index is 0.0467. The number of nitrogens with one attached hydrogen (secondary N) is 2. The number of aliphatic hydroxyl groups excluding tert-OH is 1. The summed E-state index contributed by atoms with van der Waals surface area (Å²) in [6.45, 7) is 1.84. The van der Waals surface area contributed by atoms with E-state index in [1.807, 2.05) is 6.92 Å². The highest BCUT2D eigenvalue weighted by atomic mass is 16.3. The minimum Gasteiger partial charge on any atom is -0.394 e. The molecule has 0 spiro atoms. The second-order valence-corrected chi connectivity index (χ2v) is 6.59. The maximum atomic E-state index is 12.1. The molecule has 0 heterocycles. The molecule has 1 atom stereocenters. The fourth-order valence-electron chi connectivity index (χ4n) is 3.12. The Balaban J connectivity index is 1.84. The lowest BCUT2D eigenvalue weighted by atomic mass is 9.87. The minimum atomic E-state index is -0.229. The molecule has 1 aliphatic rings. The number of hydrogen-bond acceptors (Lipinski definition) is 3. The van der Waals surface area contributed by atoms with Gasteiger partial charge in [-0.2, -0.15) is 0 Å². The zero-order valence-electron chi connectivity index (χ0n) is 14.4. The van der Waals surface area contributed by atoms with Gasteiger partial charge in [0.15, 0.2) is 0 Å². The molecule has 1 saturated carbocycles. The molecule has 2 rings (SSSR count). The van der Waals surface area contributed by atoms with Crippen LogP contribution in [0.4, 0.5) is 5.69 Å². The van der Waals surface area contributed by atoms with Crippen LogP contribution in [0.2, 0.25) is 0 Å². The Morgan fingerprint density at radius 3 is 2.42 bits per heavy atom. The van der Waals surface area contributed by atoms with E-state index in [4.69, 9.17) is 5.11 Å². The first-order valence-corrected chi connectivity index (χ1v) is 8.94. The van der Waals surface area contributed by atoms with Crippen LogP contribution in [-0.4, -0.2) is 29.6 Å². The van der Waals surface area contributed by atoms with Crippen molar-refractivity contribution in [3.63, 3.8) is 0 Å². The van der Waals surface area contributed by atoms with E-state index in [9.17, 15) is 9.59 Å². The number of hydrogen-bond donors (Lipinski definition) is 3. The normalized spacial score (nSPS) is 16.4. The highest BCUT2D eigenvalue weighted by molar-refractivity contribution is 5.96. The maximum absolute atomic E-state index is 12.1. The first-order valence-electron chi connectivity index (χ1n) is 8.94. The molecule has 1 fully saturated rings. The first-order chi connectivity index (χ1) is 11.6. The molecule has 1 unspecified atom stereocenters. The number of carbonyl (C=O) groups excluding carboxylic acids is 2. The Morgan fingerprint density at radius 2 is 1.83 bits per heavy atom. The maximum Gasteiger partial charge on any atom is 0.251 e. The van der Waals surface area contributed by atoms with Crippen molar-refractivity contribution in [1.29, 1.82) is 0 Å². The first kappa shape index (κ1) is 18.5. The summed E-state index contributed by atoms with van der Waals surface area (Å²) in [4.78, 5) is 24.2. The van der Waals surface area contributed by atoms with Crippen LogP contribution in [0.15, 0.2) is 24.3 Å². The van der Waals surface area contributed by atoms with Crippen LogP contribution >= 0.6 is 0 Å². The molecule has 3 N–H and O–H groups in total. The van der Waals surface area contributed by atoms with Gasteiger partial charge in [0.1, 0.15) is 0 Å². The van der Waals surface area contributed by atoms with Crippen molar-refractivity contribution in [3.8, 4) is 0 Å². The Labute approximate surface area is 143 Å². The highest BCUT2D eigenvalue weighted by Gasteiger charge is 2.17. The van der Waals surface area contributed by atoms with Gasteiger partial charge < -0.3 is 15.7 Å². The summed E-state index contributed by atoms with van der Waals surface area (Å²) >= 11 is 0. The molecule has 1 aromatic carbocycles. The average Bonchev–Trinajstić information content (AvgIpc) is 2.60. The van der Waals surface area contributed by atoms with Gasteiger partial charge in [-0.1, -0.05) is 26.2 Å². The Hall–Kier alpha value is -1.88. The molecule has 1 aromatic rings. The Morgan fingerprint density at radius 1 is 1.17 bits per heavy atom. The average molecular weight is 332 g/mol. The lowest BCUT2D eigenvalue weighted by molar-refractivity contribution is -0.117. The molecule has 2 amide bonds. The number of amides is 2. The smallest absolute Gasteiger partial charge is 0.251 e. The molecule has 1 aliphatic carbocycles. The van der Waals surface area contributed by atoms with Gasteiger partial charge in [0.25, 0.3) is 5.91 Å². The summed E-state index contributed by atoms with van der Waals surface area (Å²) in [6.07, 6.45) is 7.31. The zero-order valence-corrected chi connectivity index (χ0v) is 14.4. The van der Waals surface area contributed by atoms with Crippen LogP contribution in [0.1, 0.15) is 62.2 Å². The summed E-state index contributed by atoms with van der Waals surface area (Å²) in [5.74, 6) is 0.342. The van der Waals surface area contributed by atoms with Gasteiger partial charge in [-0.25, -0.2) is 0 Å². The Bertz CT molecular complexity index is 532. The van der Waals surface area contributed by atoms with Crippen molar-refractivity contribution >= 4 is 17.5 Å². The number of rotatable bonds is 7. The summed E-state index contributed by atoms with van der Waals surface area (Å²) in [5, 5.41) is 14.8. The monoisotopic (exact) mass is 332 g/mol. The molecular formula is C19H28N2O3. The third-order valence-electron chi connectivity index (χ3n) is 4.68. The van der Waals surface area contributed by atoms with Crippen molar-refractivity contribution in [1.82, 2.24) is 5.32 Å². The van der Waals surface area contributed by atoms with E-state index >= 15 is 0 Å². The summed E-state index contributed by atoms with van der Waals surface area (Å²) in [7, 11) is 0. The van der Waals surface area contributed by atoms with Gasteiger partial charge in [0, 0.05) is 17.7 Å². The number of aliphatic hydroxyl groups is 1. The van der Waals surface area contributed by atoms with Crippen LogP contribution in [0.3, 0.4) is 0 Å². The van der Waals surface area contributed by atoms with E-state index in [0.29, 0.717) is 30.0 Å². The number of anilines is 1. The van der Waals surface area contributed by atoms with Crippen molar-refractivity contribution in [2.24, 2.45) is 5.92 Å². The van der Waals surface area contributed by atoms with Gasteiger partial charge in [0.05, 0.1) is 12.6 Å². The van der Waals surface area contributed by atoms with Gasteiger partial charge in [-0.3, -0.25) is 9.59 Å². The molecule has 0 aromatic heterocycles. The fraction of sp³-hybridized carbons (Fsp3) is 0.579. The lowest BCUT2D eigenvalue weighted by Crippen LogP contribution is -2.36. The fourth-order valence-corrected chi connectivity index (χ4v) is 3.12. The predicted molar refractivity (Wildman–Crippen MR) is 94.9 cm³/mol. The van der Waals surface area contributed by atoms with Gasteiger partial charge in [-0.05, 0) is 49.4 Å². The van der Waals surface area contributed by atoms with Crippen LogP contribution in [0.25, 0.3) is 0 Å². The SMILES string of the molecule is CCC(CO)NC(=O)c1ccc(NC(=O)CC2CCCCC2)cc1. The topological polar surface area (TPSA) is 78.4 Å². The molecule has 5 nitrogen and oxygen atoms in total. The third-order valence-corrected chi connectivity index (χ3v) is 4.68. The molecule has 0 saturated heterocycles. The van der Waals surface area contributed by atoms with E-state index in [-0.39, 0.29) is 24.5 Å². The van der Waals surface area contributed by atoms with E-state index in [1.54, 1.807) is 24.3 Å². The highest BCUT2D eigenvalue weighted by Crippen LogP contribution is 2.26. The van der Waals surface area contributed by atoms with Crippen molar-refractivity contribution in [2.75, 3.05) is 11.9 Å². The van der Waals surface area contributed by atoms with Crippen LogP contribution in [-0.2, 0) is 4.79 Å². The number of carbonyl (C=O) groups is 2. The molecule has 0 aliphatic heterocycles. The number of benzene rings is 1. The standard InChI is InChI=1S/C19H28N2O3/c1-2-16(13-22)21-19(24)15-8-10-17(11-9-15)20-18(23)12-14-6-4-3-5-7-14/h8-11,14,16,22H,2-7,12-13H2,1H3,(H,20,23)(H,21,24). The molecule has 132 valence electrons. The van der Waals surface area contributed by atoms with Crippen LogP contribution in [0, 0.1) is 5.92 Å². The Kier molecular flexibility index (Phi) is 7.25. The van der Waals surface area contributed by atoms with Crippen molar-refractivity contribution in [2.45, 2.75) is 57.9 Å². The van der Waals surface area contributed by atoms with Gasteiger partial charge >= 0.3 is 0 Å². The zero-order chi connectivity index (χ0) is 17.4. The second-order valence-electron chi connectivity index (χ2n) is 6.59. The molecule has 5 heteroatoms. The van der Waals surface area contributed by atoms with E-state index in [2.05, 4.69) is 10.6 Å². The van der Waals surface area contributed by atoms with Crippen molar-refractivity contribution < 1.29 is 14.7 Å².